The molecule has 0 unspecified atom stereocenters. The van der Waals surface area contributed by atoms with Crippen molar-refractivity contribution < 1.29 is 8.42 Å². The molecule has 0 aliphatic carbocycles. The monoisotopic (exact) mass is 310 g/mol. The van der Waals surface area contributed by atoms with Crippen LogP contribution in [0, 0.1) is 0 Å². The fourth-order valence-corrected chi connectivity index (χ4v) is 3.93. The van der Waals surface area contributed by atoms with Gasteiger partial charge in [0.05, 0.1) is 5.02 Å². The second kappa shape index (κ2) is 6.21. The molecule has 1 heterocycles. The van der Waals surface area contributed by atoms with Crippen LogP contribution in [-0.4, -0.2) is 38.4 Å². The molecular formula is C11H16Cl2N2O2S. The van der Waals surface area contributed by atoms with Gasteiger partial charge in [-0.2, -0.15) is 4.31 Å². The second-order valence-corrected chi connectivity index (χ2v) is 6.46. The number of halogens is 2. The van der Waals surface area contributed by atoms with Crippen LogP contribution in [0.4, 0.5) is 0 Å². The van der Waals surface area contributed by atoms with Gasteiger partial charge in [-0.05, 0) is 19.1 Å². The van der Waals surface area contributed by atoms with Gasteiger partial charge in [0, 0.05) is 25.7 Å². The van der Waals surface area contributed by atoms with Crippen molar-refractivity contribution in [2.24, 2.45) is 0 Å². The van der Waals surface area contributed by atoms with Crippen LogP contribution in [0.2, 0.25) is 5.02 Å². The topological polar surface area (TPSA) is 49.4 Å². The largest absolute Gasteiger partial charge is 0.312 e. The van der Waals surface area contributed by atoms with Crippen LogP contribution in [0.15, 0.2) is 29.2 Å². The summed E-state index contributed by atoms with van der Waals surface area (Å²) < 4.78 is 26.2. The number of sulfonamides is 1. The van der Waals surface area contributed by atoms with E-state index >= 15 is 0 Å². The van der Waals surface area contributed by atoms with Crippen molar-refractivity contribution in [3.8, 4) is 0 Å². The maximum absolute atomic E-state index is 12.4. The normalized spacial score (nSPS) is 21.3. The molecule has 1 aromatic rings. The van der Waals surface area contributed by atoms with Gasteiger partial charge in [0.1, 0.15) is 4.90 Å². The van der Waals surface area contributed by atoms with E-state index in [-0.39, 0.29) is 28.4 Å². The van der Waals surface area contributed by atoms with Crippen LogP contribution in [-0.2, 0) is 10.0 Å². The predicted molar refractivity (Wildman–Crippen MR) is 74.9 cm³/mol. The summed E-state index contributed by atoms with van der Waals surface area (Å²) in [4.78, 5) is 0.191. The molecule has 1 atom stereocenters. The van der Waals surface area contributed by atoms with E-state index in [2.05, 4.69) is 5.32 Å². The van der Waals surface area contributed by atoms with Gasteiger partial charge < -0.3 is 5.32 Å². The van der Waals surface area contributed by atoms with Gasteiger partial charge in [0.15, 0.2) is 0 Å². The van der Waals surface area contributed by atoms with Crippen molar-refractivity contribution in [2.75, 3.05) is 19.6 Å². The maximum atomic E-state index is 12.4. The molecule has 18 heavy (non-hydrogen) atoms. The quantitative estimate of drug-likeness (QED) is 0.905. The van der Waals surface area contributed by atoms with E-state index in [0.29, 0.717) is 19.6 Å². The van der Waals surface area contributed by atoms with E-state index in [4.69, 9.17) is 11.6 Å². The van der Waals surface area contributed by atoms with Crippen LogP contribution in [0.25, 0.3) is 0 Å². The molecule has 1 saturated heterocycles. The zero-order chi connectivity index (χ0) is 12.5. The minimum absolute atomic E-state index is 0. The third kappa shape index (κ3) is 3.16. The molecule has 1 aliphatic rings. The van der Waals surface area contributed by atoms with Gasteiger partial charge >= 0.3 is 0 Å². The molecule has 0 radical (unpaired) electrons. The highest BCUT2D eigenvalue weighted by molar-refractivity contribution is 7.89. The van der Waals surface area contributed by atoms with E-state index in [9.17, 15) is 8.42 Å². The van der Waals surface area contributed by atoms with Crippen molar-refractivity contribution in [2.45, 2.75) is 17.9 Å². The summed E-state index contributed by atoms with van der Waals surface area (Å²) in [7, 11) is -3.46. The zero-order valence-electron chi connectivity index (χ0n) is 9.97. The second-order valence-electron chi connectivity index (χ2n) is 4.15. The lowest BCUT2D eigenvalue weighted by Crippen LogP contribution is -2.51. The van der Waals surface area contributed by atoms with Crippen LogP contribution >= 0.6 is 24.0 Å². The Hall–Kier alpha value is -0.330. The van der Waals surface area contributed by atoms with E-state index in [1.165, 1.54) is 4.31 Å². The van der Waals surface area contributed by atoms with E-state index in [0.717, 1.165) is 0 Å². The number of hydrogen-bond donors (Lipinski definition) is 1. The Morgan fingerprint density at radius 1 is 1.39 bits per heavy atom. The van der Waals surface area contributed by atoms with Crippen molar-refractivity contribution in [3.63, 3.8) is 0 Å². The molecule has 0 amide bonds. The fraction of sp³-hybridized carbons (Fsp3) is 0.455. The highest BCUT2D eigenvalue weighted by Crippen LogP contribution is 2.24. The Labute approximate surface area is 119 Å². The highest BCUT2D eigenvalue weighted by atomic mass is 35.5. The third-order valence-electron chi connectivity index (χ3n) is 2.79. The first-order chi connectivity index (χ1) is 8.01. The molecule has 2 rings (SSSR count). The Balaban J connectivity index is 0.00000162. The maximum Gasteiger partial charge on any atom is 0.244 e. The van der Waals surface area contributed by atoms with Crippen LogP contribution in [0.1, 0.15) is 6.92 Å². The van der Waals surface area contributed by atoms with Crippen molar-refractivity contribution >= 4 is 34.0 Å². The number of benzene rings is 1. The summed E-state index contributed by atoms with van der Waals surface area (Å²) >= 11 is 5.94. The lowest BCUT2D eigenvalue weighted by molar-refractivity contribution is 0.310. The van der Waals surface area contributed by atoms with Crippen molar-refractivity contribution in [3.05, 3.63) is 29.3 Å². The molecule has 0 saturated carbocycles. The Kier molecular flexibility index (Phi) is 5.43. The van der Waals surface area contributed by atoms with Crippen LogP contribution in [0.3, 0.4) is 0 Å². The van der Waals surface area contributed by atoms with Crippen LogP contribution in [0.5, 0.6) is 0 Å². The first-order valence-corrected chi connectivity index (χ1v) is 7.31. The molecule has 0 bridgehead atoms. The molecule has 1 aliphatic heterocycles. The Bertz CT molecular complexity index is 508. The lowest BCUT2D eigenvalue weighted by Gasteiger charge is -2.31. The fourth-order valence-electron chi connectivity index (χ4n) is 1.91. The molecule has 0 aromatic heterocycles. The molecule has 4 nitrogen and oxygen atoms in total. The lowest BCUT2D eigenvalue weighted by atomic mass is 10.3. The van der Waals surface area contributed by atoms with Gasteiger partial charge in [-0.15, -0.1) is 12.4 Å². The van der Waals surface area contributed by atoms with Crippen molar-refractivity contribution in [1.29, 1.82) is 0 Å². The summed E-state index contributed by atoms with van der Waals surface area (Å²) in [6.45, 7) is 3.60. The average molecular weight is 311 g/mol. The van der Waals surface area contributed by atoms with Gasteiger partial charge in [-0.25, -0.2) is 8.42 Å². The summed E-state index contributed by atoms with van der Waals surface area (Å²) in [5.41, 5.74) is 0. The molecule has 1 fully saturated rings. The van der Waals surface area contributed by atoms with Gasteiger partial charge in [0.25, 0.3) is 0 Å². The standard InChI is InChI=1S/C11H15ClN2O2S.ClH/c1-9-8-14(7-6-13-9)17(15,16)11-5-3-2-4-10(11)12;/h2-5,9,13H,6-8H2,1H3;1H/t9-;/m0./s1. The van der Waals surface area contributed by atoms with Gasteiger partial charge in [-0.1, -0.05) is 23.7 Å². The van der Waals surface area contributed by atoms with Crippen LogP contribution < -0.4 is 5.32 Å². The Morgan fingerprint density at radius 3 is 2.67 bits per heavy atom. The number of nitrogens with zero attached hydrogens (tertiary/aromatic N) is 1. The average Bonchev–Trinajstić information content (AvgIpc) is 2.29. The number of rotatable bonds is 2. The van der Waals surface area contributed by atoms with Gasteiger partial charge in [-0.3, -0.25) is 0 Å². The first kappa shape index (κ1) is 15.7. The summed E-state index contributed by atoms with van der Waals surface area (Å²) in [5, 5.41) is 3.49. The summed E-state index contributed by atoms with van der Waals surface area (Å²) in [6, 6.07) is 6.72. The highest BCUT2D eigenvalue weighted by Gasteiger charge is 2.29. The van der Waals surface area contributed by atoms with E-state index in [1.807, 2.05) is 6.92 Å². The minimum atomic E-state index is -3.46. The first-order valence-electron chi connectivity index (χ1n) is 5.50. The smallest absolute Gasteiger partial charge is 0.244 e. The molecular weight excluding hydrogens is 295 g/mol. The molecule has 1 N–H and O–H groups in total. The molecule has 1 aromatic carbocycles. The van der Waals surface area contributed by atoms with E-state index in [1.54, 1.807) is 24.3 Å². The minimum Gasteiger partial charge on any atom is -0.312 e. The van der Waals surface area contributed by atoms with E-state index < -0.39 is 10.0 Å². The summed E-state index contributed by atoms with van der Waals surface area (Å²) in [6.07, 6.45) is 0. The zero-order valence-corrected chi connectivity index (χ0v) is 12.4. The Morgan fingerprint density at radius 2 is 2.06 bits per heavy atom. The number of hydrogen-bond acceptors (Lipinski definition) is 3. The van der Waals surface area contributed by atoms with Gasteiger partial charge in [0.2, 0.25) is 10.0 Å². The summed E-state index contributed by atoms with van der Waals surface area (Å²) in [5.74, 6) is 0. The van der Waals surface area contributed by atoms with Crippen molar-refractivity contribution in [1.82, 2.24) is 9.62 Å². The SMILES string of the molecule is C[C@H]1CN(S(=O)(=O)c2ccccc2Cl)CCN1.Cl. The molecule has 0 spiro atoms. The number of nitrogens with one attached hydrogen (secondary N) is 1. The predicted octanol–water partition coefficient (Wildman–Crippen LogP) is 1.74. The third-order valence-corrected chi connectivity index (χ3v) is 5.15. The number of piperazine rings is 1. The molecule has 102 valence electrons. The molecule has 7 heteroatoms.